The second kappa shape index (κ2) is 4.71. The van der Waals surface area contributed by atoms with Crippen LogP contribution in [0.15, 0.2) is 33.2 Å². The van der Waals surface area contributed by atoms with Gasteiger partial charge in [0.25, 0.3) is 0 Å². The summed E-state index contributed by atoms with van der Waals surface area (Å²) in [6.07, 6.45) is 4.60. The van der Waals surface area contributed by atoms with E-state index in [2.05, 4.69) is 0 Å². The van der Waals surface area contributed by atoms with Crippen molar-refractivity contribution in [3.8, 4) is 5.75 Å². The van der Waals surface area contributed by atoms with Gasteiger partial charge in [-0.15, -0.1) is 0 Å². The van der Waals surface area contributed by atoms with Gasteiger partial charge in [-0.1, -0.05) is 0 Å². The van der Waals surface area contributed by atoms with E-state index >= 15 is 0 Å². The molecular formula is C19H16O6. The van der Waals surface area contributed by atoms with Crippen molar-refractivity contribution >= 4 is 17.1 Å². The van der Waals surface area contributed by atoms with E-state index in [1.807, 2.05) is 0 Å². The third kappa shape index (κ3) is 2.06. The van der Waals surface area contributed by atoms with Crippen LogP contribution in [-0.2, 0) is 16.0 Å². The third-order valence-corrected chi connectivity index (χ3v) is 6.20. The zero-order chi connectivity index (χ0) is 17.5. The molecule has 0 saturated heterocycles. The van der Waals surface area contributed by atoms with Crippen LogP contribution < -0.4 is 5.43 Å². The van der Waals surface area contributed by atoms with Gasteiger partial charge in [0.2, 0.25) is 17.0 Å². The summed E-state index contributed by atoms with van der Waals surface area (Å²) in [6.45, 7) is 0. The lowest BCUT2D eigenvalue weighted by Gasteiger charge is -2.28. The van der Waals surface area contributed by atoms with E-state index < -0.39 is 28.5 Å². The van der Waals surface area contributed by atoms with Crippen molar-refractivity contribution in [3.05, 3.63) is 45.7 Å². The minimum atomic E-state index is -0.765. The standard InChI is InChI=1S/C19H16O6/c20-11-6-13(22)12(21)5-10(11)19-18(24)14(23)4-8(25-19)3-7-1-2-9-16-15(7)17(9)16/h4-7,9,15-17,22,24H,1-3H2. The molecular weight excluding hydrogens is 324 g/mol. The van der Waals surface area contributed by atoms with Crippen LogP contribution in [0.1, 0.15) is 24.4 Å². The zero-order valence-corrected chi connectivity index (χ0v) is 13.3. The van der Waals surface area contributed by atoms with Crippen molar-refractivity contribution in [3.63, 3.8) is 0 Å². The molecule has 4 saturated carbocycles. The molecule has 3 unspecified atom stereocenters. The Balaban J connectivity index is 1.48. The highest BCUT2D eigenvalue weighted by molar-refractivity contribution is 6.34. The first-order chi connectivity index (χ1) is 12.0. The van der Waals surface area contributed by atoms with Crippen LogP contribution >= 0.6 is 0 Å². The van der Waals surface area contributed by atoms with Crippen molar-refractivity contribution in [1.29, 1.82) is 0 Å². The Kier molecular flexibility index (Phi) is 2.77. The molecule has 6 heteroatoms. The van der Waals surface area contributed by atoms with Crippen molar-refractivity contribution < 1.29 is 24.2 Å². The summed E-state index contributed by atoms with van der Waals surface area (Å²) in [5, 5.41) is 19.4. The molecule has 0 amide bonds. The first-order valence-electron chi connectivity index (χ1n) is 8.53. The molecule has 0 radical (unpaired) electrons. The number of carbonyl (C=O) groups is 2. The Morgan fingerprint density at radius 2 is 1.76 bits per heavy atom. The highest BCUT2D eigenvalue weighted by atomic mass is 16.4. The van der Waals surface area contributed by atoms with E-state index in [1.165, 1.54) is 12.5 Å². The summed E-state index contributed by atoms with van der Waals surface area (Å²) in [4.78, 5) is 35.8. The van der Waals surface area contributed by atoms with Gasteiger partial charge in [0, 0.05) is 24.6 Å². The molecule has 0 spiro atoms. The molecule has 128 valence electrons. The number of fused-ring (bicyclic) bond motifs is 2. The number of rotatable bonds is 3. The van der Waals surface area contributed by atoms with Crippen LogP contribution in [0.25, 0.3) is 5.57 Å². The summed E-state index contributed by atoms with van der Waals surface area (Å²) in [7, 11) is 0. The molecule has 5 aliphatic rings. The molecule has 25 heavy (non-hydrogen) atoms. The Morgan fingerprint density at radius 1 is 1.00 bits per heavy atom. The zero-order valence-electron chi connectivity index (χ0n) is 13.3. The topological polar surface area (TPSA) is 105 Å². The monoisotopic (exact) mass is 340 g/mol. The highest BCUT2D eigenvalue weighted by Gasteiger charge is 2.76. The van der Waals surface area contributed by atoms with Crippen LogP contribution in [-0.4, -0.2) is 21.8 Å². The van der Waals surface area contributed by atoms with Crippen LogP contribution in [0.3, 0.4) is 0 Å². The number of allylic oxidation sites excluding steroid dienone is 3. The first-order valence-corrected chi connectivity index (χ1v) is 8.53. The number of hydrogen-bond donors (Lipinski definition) is 2. The normalized spacial score (nSPS) is 35.0. The molecule has 0 aromatic carbocycles. The molecule has 0 aliphatic heterocycles. The van der Waals surface area contributed by atoms with Crippen molar-refractivity contribution in [1.82, 2.24) is 0 Å². The lowest BCUT2D eigenvalue weighted by molar-refractivity contribution is -0.116. The van der Waals surface area contributed by atoms with E-state index in [9.17, 15) is 24.6 Å². The largest absolute Gasteiger partial charge is 0.504 e. The van der Waals surface area contributed by atoms with Gasteiger partial charge in [-0.25, -0.2) is 0 Å². The smallest absolute Gasteiger partial charge is 0.227 e. The molecule has 2 bridgehead atoms. The van der Waals surface area contributed by atoms with Gasteiger partial charge < -0.3 is 14.6 Å². The average Bonchev–Trinajstić information content (AvgIpc) is 3.47. The van der Waals surface area contributed by atoms with E-state index in [0.717, 1.165) is 42.2 Å². The maximum absolute atomic E-state index is 12.1. The summed E-state index contributed by atoms with van der Waals surface area (Å²) in [6, 6.07) is 1.27. The van der Waals surface area contributed by atoms with Crippen LogP contribution in [0, 0.1) is 29.6 Å². The predicted octanol–water partition coefficient (Wildman–Crippen LogP) is 1.77. The summed E-state index contributed by atoms with van der Waals surface area (Å²) < 4.78 is 5.66. The van der Waals surface area contributed by atoms with Gasteiger partial charge in [0.1, 0.15) is 5.76 Å². The third-order valence-electron chi connectivity index (χ3n) is 6.20. The second-order valence-corrected chi connectivity index (χ2v) is 7.51. The van der Waals surface area contributed by atoms with E-state index in [1.54, 1.807) is 0 Å². The van der Waals surface area contributed by atoms with E-state index in [-0.39, 0.29) is 11.3 Å². The van der Waals surface area contributed by atoms with Gasteiger partial charge in [0.05, 0.1) is 5.57 Å². The van der Waals surface area contributed by atoms with Crippen molar-refractivity contribution in [2.24, 2.45) is 29.6 Å². The fourth-order valence-corrected chi connectivity index (χ4v) is 4.89. The van der Waals surface area contributed by atoms with Crippen LogP contribution in [0.4, 0.5) is 0 Å². The number of hydrogen-bond acceptors (Lipinski definition) is 6. The van der Waals surface area contributed by atoms with E-state index in [4.69, 9.17) is 4.42 Å². The number of carbonyl (C=O) groups excluding carboxylic acids is 2. The average molecular weight is 340 g/mol. The quantitative estimate of drug-likeness (QED) is 0.813. The lowest BCUT2D eigenvalue weighted by Crippen LogP contribution is -2.23. The minimum absolute atomic E-state index is 0.211. The SMILES string of the molecule is O=C1C=C(c2oc(CC3CCC4C5C3C45)cc(=O)c2O)C(=O)C=C1O. The molecule has 4 fully saturated rings. The molecule has 1 heterocycles. The van der Waals surface area contributed by atoms with Crippen LogP contribution in [0.5, 0.6) is 5.75 Å². The molecule has 3 atom stereocenters. The summed E-state index contributed by atoms with van der Waals surface area (Å²) in [5.41, 5.74) is -0.844. The Labute approximate surface area is 142 Å². The molecule has 1 aromatic heterocycles. The van der Waals surface area contributed by atoms with Gasteiger partial charge in [-0.05, 0) is 42.4 Å². The molecule has 6 nitrogen and oxygen atoms in total. The number of aliphatic hydroxyl groups is 1. The Bertz CT molecular complexity index is 939. The highest BCUT2D eigenvalue weighted by Crippen LogP contribution is 2.80. The Hall–Kier alpha value is -2.63. The van der Waals surface area contributed by atoms with Crippen molar-refractivity contribution in [2.75, 3.05) is 0 Å². The predicted molar refractivity (Wildman–Crippen MR) is 85.7 cm³/mol. The Morgan fingerprint density at radius 3 is 2.48 bits per heavy atom. The minimum Gasteiger partial charge on any atom is -0.504 e. The van der Waals surface area contributed by atoms with Gasteiger partial charge in [0.15, 0.2) is 17.3 Å². The first kappa shape index (κ1) is 14.7. The summed E-state index contributed by atoms with van der Waals surface area (Å²) >= 11 is 0. The fourth-order valence-electron chi connectivity index (χ4n) is 4.89. The van der Waals surface area contributed by atoms with Gasteiger partial charge in [-0.3, -0.25) is 14.4 Å². The fraction of sp³-hybridized carbons (Fsp3) is 0.421. The van der Waals surface area contributed by atoms with Crippen LogP contribution in [0.2, 0.25) is 0 Å². The van der Waals surface area contributed by atoms with Gasteiger partial charge in [-0.2, -0.15) is 0 Å². The van der Waals surface area contributed by atoms with Gasteiger partial charge >= 0.3 is 0 Å². The van der Waals surface area contributed by atoms with E-state index in [0.29, 0.717) is 18.1 Å². The number of aromatic hydroxyl groups is 1. The van der Waals surface area contributed by atoms with Crippen molar-refractivity contribution in [2.45, 2.75) is 19.3 Å². The molecule has 5 aliphatic carbocycles. The number of aliphatic hydroxyl groups excluding tert-OH is 1. The second-order valence-electron chi connectivity index (χ2n) is 7.51. The molecule has 1 aromatic rings. The maximum Gasteiger partial charge on any atom is 0.227 e. The maximum atomic E-state index is 12.1. The number of ketones is 2. The molecule has 2 N–H and O–H groups in total. The molecule has 6 rings (SSSR count). The lowest BCUT2D eigenvalue weighted by atomic mass is 9.77. The summed E-state index contributed by atoms with van der Waals surface area (Å²) in [5.74, 6) is 1.20.